The number of nitrogens with one attached hydrogen (secondary N) is 1. The quantitative estimate of drug-likeness (QED) is 0.805. The van der Waals surface area contributed by atoms with Crippen LogP contribution in [0.4, 0.5) is 13.6 Å². The van der Waals surface area contributed by atoms with Crippen molar-refractivity contribution in [2.45, 2.75) is 27.0 Å². The van der Waals surface area contributed by atoms with E-state index in [2.05, 4.69) is 10.1 Å². The second kappa shape index (κ2) is 8.30. The zero-order valence-corrected chi connectivity index (χ0v) is 13.2. The van der Waals surface area contributed by atoms with Gasteiger partial charge in [-0.2, -0.15) is 8.78 Å². The molecular formula is C15H20F2N2O4. The van der Waals surface area contributed by atoms with E-state index in [1.54, 1.807) is 19.1 Å². The molecule has 6 nitrogen and oxygen atoms in total. The van der Waals surface area contributed by atoms with Gasteiger partial charge in [0.15, 0.2) is 0 Å². The number of hydrogen-bond acceptors (Lipinski definition) is 3. The topological polar surface area (TPSA) is 78.9 Å². The van der Waals surface area contributed by atoms with E-state index in [1.807, 2.05) is 0 Å². The molecule has 1 aromatic rings. The summed E-state index contributed by atoms with van der Waals surface area (Å²) >= 11 is 0. The number of hydrogen-bond donors (Lipinski definition) is 2. The van der Waals surface area contributed by atoms with Crippen LogP contribution in [0.15, 0.2) is 18.2 Å². The molecule has 0 fully saturated rings. The molecule has 0 spiro atoms. The van der Waals surface area contributed by atoms with Gasteiger partial charge in [-0.1, -0.05) is 24.6 Å². The Morgan fingerprint density at radius 2 is 2.04 bits per heavy atom. The largest absolute Gasteiger partial charge is 0.481 e. The van der Waals surface area contributed by atoms with Gasteiger partial charge >= 0.3 is 18.6 Å². The number of aryl methyl sites for hydroxylation is 1. The lowest BCUT2D eigenvalue weighted by Crippen LogP contribution is -2.40. The molecule has 0 aliphatic rings. The molecule has 1 rings (SSSR count). The average Bonchev–Trinajstić information content (AvgIpc) is 2.46. The van der Waals surface area contributed by atoms with E-state index >= 15 is 0 Å². The smallest absolute Gasteiger partial charge is 0.387 e. The van der Waals surface area contributed by atoms with E-state index in [4.69, 9.17) is 5.11 Å². The third-order valence-electron chi connectivity index (χ3n) is 3.18. The zero-order chi connectivity index (χ0) is 17.6. The fraction of sp³-hybridized carbons (Fsp3) is 0.467. The fourth-order valence-corrected chi connectivity index (χ4v) is 1.93. The Bertz CT molecular complexity index is 566. The number of carboxylic acid groups (broad SMARTS) is 1. The monoisotopic (exact) mass is 330 g/mol. The SMILES string of the molecule is Cc1ccc(OC(F)F)c(CNC(=O)N(C)CC(C)C(=O)O)c1. The van der Waals surface area contributed by atoms with Gasteiger partial charge in [0.2, 0.25) is 0 Å². The van der Waals surface area contributed by atoms with Gasteiger partial charge in [0.25, 0.3) is 0 Å². The summed E-state index contributed by atoms with van der Waals surface area (Å²) in [6, 6.07) is 4.18. The maximum atomic E-state index is 12.4. The van der Waals surface area contributed by atoms with Crippen LogP contribution in [0.25, 0.3) is 0 Å². The minimum atomic E-state index is -2.95. The fourth-order valence-electron chi connectivity index (χ4n) is 1.93. The van der Waals surface area contributed by atoms with E-state index in [9.17, 15) is 18.4 Å². The molecule has 1 aromatic carbocycles. The zero-order valence-electron chi connectivity index (χ0n) is 13.2. The van der Waals surface area contributed by atoms with Gasteiger partial charge in [-0.3, -0.25) is 4.79 Å². The number of benzene rings is 1. The molecule has 23 heavy (non-hydrogen) atoms. The van der Waals surface area contributed by atoms with Crippen LogP contribution in [0.3, 0.4) is 0 Å². The summed E-state index contributed by atoms with van der Waals surface area (Å²) in [6.45, 7) is 0.356. The number of carbonyl (C=O) groups excluding carboxylic acids is 1. The number of carboxylic acids is 1. The molecule has 8 heteroatoms. The Balaban J connectivity index is 2.68. The Labute approximate surface area is 133 Å². The van der Waals surface area contributed by atoms with Gasteiger partial charge in [-0.05, 0) is 13.0 Å². The average molecular weight is 330 g/mol. The Kier molecular flexibility index (Phi) is 6.74. The molecule has 0 saturated carbocycles. The van der Waals surface area contributed by atoms with Crippen LogP contribution in [0.1, 0.15) is 18.1 Å². The molecule has 0 heterocycles. The van der Waals surface area contributed by atoms with Crippen LogP contribution in [-0.4, -0.2) is 42.2 Å². The van der Waals surface area contributed by atoms with Crippen LogP contribution < -0.4 is 10.1 Å². The number of rotatable bonds is 7. The summed E-state index contributed by atoms with van der Waals surface area (Å²) in [4.78, 5) is 23.9. The molecule has 128 valence electrons. The van der Waals surface area contributed by atoms with Crippen LogP contribution in [0.2, 0.25) is 0 Å². The van der Waals surface area contributed by atoms with Crippen molar-refractivity contribution >= 4 is 12.0 Å². The van der Waals surface area contributed by atoms with Crippen molar-refractivity contribution in [2.75, 3.05) is 13.6 Å². The van der Waals surface area contributed by atoms with Gasteiger partial charge in [0.1, 0.15) is 5.75 Å². The summed E-state index contributed by atoms with van der Waals surface area (Å²) < 4.78 is 29.2. The number of amides is 2. The number of carbonyl (C=O) groups is 2. The number of halogens is 2. The van der Waals surface area contributed by atoms with Crippen molar-refractivity contribution in [2.24, 2.45) is 5.92 Å². The highest BCUT2D eigenvalue weighted by molar-refractivity contribution is 5.75. The maximum Gasteiger partial charge on any atom is 0.387 e. The van der Waals surface area contributed by atoms with Gasteiger partial charge in [-0.15, -0.1) is 0 Å². The number of ether oxygens (including phenoxy) is 1. The van der Waals surface area contributed by atoms with Crippen molar-refractivity contribution in [3.05, 3.63) is 29.3 Å². The highest BCUT2D eigenvalue weighted by Crippen LogP contribution is 2.22. The Hall–Kier alpha value is -2.38. The highest BCUT2D eigenvalue weighted by Gasteiger charge is 2.18. The number of aliphatic carboxylic acids is 1. The van der Waals surface area contributed by atoms with Gasteiger partial charge in [-0.25, -0.2) is 4.79 Å². The minimum absolute atomic E-state index is 0.00560. The normalized spacial score (nSPS) is 11.9. The Morgan fingerprint density at radius 3 is 2.61 bits per heavy atom. The Morgan fingerprint density at radius 1 is 1.39 bits per heavy atom. The van der Waals surface area contributed by atoms with Crippen molar-refractivity contribution in [3.8, 4) is 5.75 Å². The lowest BCUT2D eigenvalue weighted by molar-refractivity contribution is -0.141. The van der Waals surface area contributed by atoms with E-state index < -0.39 is 24.5 Å². The molecule has 0 aliphatic carbocycles. The molecule has 0 bridgehead atoms. The third kappa shape index (κ3) is 6.09. The van der Waals surface area contributed by atoms with Crippen molar-refractivity contribution in [1.82, 2.24) is 10.2 Å². The second-order valence-corrected chi connectivity index (χ2v) is 5.27. The molecular weight excluding hydrogens is 310 g/mol. The highest BCUT2D eigenvalue weighted by atomic mass is 19.3. The van der Waals surface area contributed by atoms with Crippen LogP contribution >= 0.6 is 0 Å². The first-order chi connectivity index (χ1) is 10.7. The molecule has 1 unspecified atom stereocenters. The molecule has 0 aliphatic heterocycles. The molecule has 2 amide bonds. The lowest BCUT2D eigenvalue weighted by Gasteiger charge is -2.20. The van der Waals surface area contributed by atoms with Crippen LogP contribution in [-0.2, 0) is 11.3 Å². The lowest BCUT2D eigenvalue weighted by atomic mass is 10.1. The van der Waals surface area contributed by atoms with E-state index in [0.29, 0.717) is 5.56 Å². The van der Waals surface area contributed by atoms with Crippen molar-refractivity contribution in [3.63, 3.8) is 0 Å². The van der Waals surface area contributed by atoms with Crippen molar-refractivity contribution in [1.29, 1.82) is 0 Å². The molecule has 1 atom stereocenters. The van der Waals surface area contributed by atoms with E-state index in [-0.39, 0.29) is 18.8 Å². The van der Waals surface area contributed by atoms with Gasteiger partial charge < -0.3 is 20.1 Å². The van der Waals surface area contributed by atoms with Gasteiger partial charge in [0.05, 0.1) is 5.92 Å². The van der Waals surface area contributed by atoms with Crippen LogP contribution in [0.5, 0.6) is 5.75 Å². The van der Waals surface area contributed by atoms with Crippen LogP contribution in [0, 0.1) is 12.8 Å². The molecule has 0 saturated heterocycles. The summed E-state index contributed by atoms with van der Waals surface area (Å²) in [5.41, 5.74) is 1.25. The number of alkyl halides is 2. The summed E-state index contributed by atoms with van der Waals surface area (Å²) in [5.74, 6) is -1.72. The summed E-state index contributed by atoms with van der Waals surface area (Å²) in [5, 5.41) is 11.4. The van der Waals surface area contributed by atoms with Gasteiger partial charge in [0, 0.05) is 25.7 Å². The minimum Gasteiger partial charge on any atom is -0.481 e. The first-order valence-electron chi connectivity index (χ1n) is 6.96. The van der Waals surface area contributed by atoms with Crippen molar-refractivity contribution < 1.29 is 28.2 Å². The predicted molar refractivity (Wildman–Crippen MR) is 79.5 cm³/mol. The van der Waals surface area contributed by atoms with E-state index in [1.165, 1.54) is 24.9 Å². The third-order valence-corrected chi connectivity index (χ3v) is 3.18. The first kappa shape index (κ1) is 18.7. The predicted octanol–water partition coefficient (Wildman–Crippen LogP) is 2.46. The molecule has 0 aromatic heterocycles. The number of nitrogens with zero attached hydrogens (tertiary/aromatic N) is 1. The summed E-state index contributed by atoms with van der Waals surface area (Å²) in [6.07, 6.45) is 0. The molecule has 2 N–H and O–H groups in total. The second-order valence-electron chi connectivity index (χ2n) is 5.27. The molecule has 0 radical (unpaired) electrons. The number of urea groups is 1. The first-order valence-corrected chi connectivity index (χ1v) is 6.96. The standard InChI is InChI=1S/C15H20F2N2O4/c1-9-4-5-12(23-14(16)17)11(6-9)7-18-15(22)19(3)8-10(2)13(20)21/h4-6,10,14H,7-8H2,1-3H3,(H,18,22)(H,20,21). The van der Waals surface area contributed by atoms with E-state index in [0.717, 1.165) is 5.56 Å². The maximum absolute atomic E-state index is 12.4. The summed E-state index contributed by atoms with van der Waals surface area (Å²) in [7, 11) is 1.46.